The largest absolute Gasteiger partial charge is 0.350 e. The van der Waals surface area contributed by atoms with Crippen molar-refractivity contribution in [3.05, 3.63) is 82.1 Å². The molecule has 2 heterocycles. The molecule has 186 valence electrons. The molecule has 3 amide bonds. The number of anilines is 1. The summed E-state index contributed by atoms with van der Waals surface area (Å²) in [5.41, 5.74) is 0.954. The Labute approximate surface area is 212 Å². The van der Waals surface area contributed by atoms with Crippen molar-refractivity contribution in [2.45, 2.75) is 51.4 Å². The Morgan fingerprint density at radius 2 is 1.92 bits per heavy atom. The van der Waals surface area contributed by atoms with Crippen molar-refractivity contribution in [1.82, 2.24) is 19.8 Å². The molecule has 0 unspecified atom stereocenters. The third-order valence-electron chi connectivity index (χ3n) is 6.77. The highest BCUT2D eigenvalue weighted by atomic mass is 35.5. The molecular weight excluding hydrogens is 485 g/mol. The highest BCUT2D eigenvalue weighted by molar-refractivity contribution is 6.31. The Hall–Kier alpha value is -3.72. The number of hydrogen-bond acceptors (Lipinski definition) is 4. The van der Waals surface area contributed by atoms with Gasteiger partial charge in [0.05, 0.1) is 12.9 Å². The Morgan fingerprint density at radius 1 is 1.19 bits per heavy atom. The molecule has 0 bridgehead atoms. The average molecular weight is 510 g/mol. The van der Waals surface area contributed by atoms with Crippen LogP contribution in [-0.2, 0) is 17.9 Å². The average Bonchev–Trinajstić information content (AvgIpc) is 3.59. The zero-order valence-electron chi connectivity index (χ0n) is 19.8. The van der Waals surface area contributed by atoms with Gasteiger partial charge >= 0.3 is 0 Å². The van der Waals surface area contributed by atoms with Crippen LogP contribution in [0.4, 0.5) is 10.1 Å². The van der Waals surface area contributed by atoms with E-state index < -0.39 is 17.4 Å². The summed E-state index contributed by atoms with van der Waals surface area (Å²) >= 11 is 6.17. The van der Waals surface area contributed by atoms with Crippen molar-refractivity contribution >= 4 is 35.0 Å². The van der Waals surface area contributed by atoms with Crippen molar-refractivity contribution in [3.63, 3.8) is 0 Å². The van der Waals surface area contributed by atoms with E-state index in [9.17, 15) is 18.8 Å². The number of imidazole rings is 1. The van der Waals surface area contributed by atoms with Crippen molar-refractivity contribution < 1.29 is 18.8 Å². The number of fused-ring (bicyclic) bond motifs is 1. The van der Waals surface area contributed by atoms with E-state index in [1.54, 1.807) is 53.6 Å². The van der Waals surface area contributed by atoms with E-state index in [0.29, 0.717) is 16.3 Å². The molecule has 3 aromatic rings. The summed E-state index contributed by atoms with van der Waals surface area (Å²) in [5.74, 6) is -1.61. The molecule has 2 aromatic carbocycles. The molecule has 0 spiro atoms. The smallest absolute Gasteiger partial charge is 0.276 e. The van der Waals surface area contributed by atoms with Gasteiger partial charge < -0.3 is 20.1 Å². The molecule has 0 saturated heterocycles. The molecule has 1 aromatic heterocycles. The first-order chi connectivity index (χ1) is 17.2. The van der Waals surface area contributed by atoms with Crippen LogP contribution in [0.2, 0.25) is 5.02 Å². The number of carbonyl (C=O) groups excluding carboxylic acids is 3. The first kappa shape index (κ1) is 24.0. The first-order valence-electron chi connectivity index (χ1n) is 11.7. The van der Waals surface area contributed by atoms with Crippen LogP contribution >= 0.6 is 11.6 Å². The Kier molecular flexibility index (Phi) is 6.04. The number of carbonyl (C=O) groups is 3. The standard InChI is InChI=1S/C26H25ClFN5O3/c1-15-19(27)4-3-5-20(15)31-23(34)21-22-24(35)33(18-10-11-18)26(2,13-32(22)14-30-21)25(36)29-12-16-6-8-17(28)9-7-16/h3-9,14,18H,10-13H2,1-2H3,(H,29,36)(H,31,34)/t26-/m1/s1. The normalized spacial score (nSPS) is 19.1. The molecule has 1 saturated carbocycles. The highest BCUT2D eigenvalue weighted by Crippen LogP contribution is 2.39. The van der Waals surface area contributed by atoms with Crippen molar-refractivity contribution in [2.24, 2.45) is 0 Å². The molecule has 1 aliphatic heterocycles. The number of benzene rings is 2. The molecule has 36 heavy (non-hydrogen) atoms. The van der Waals surface area contributed by atoms with Gasteiger partial charge in [-0.2, -0.15) is 0 Å². The van der Waals surface area contributed by atoms with Crippen molar-refractivity contribution in [3.8, 4) is 0 Å². The van der Waals surface area contributed by atoms with E-state index in [-0.39, 0.29) is 42.2 Å². The highest BCUT2D eigenvalue weighted by Gasteiger charge is 2.53. The second-order valence-electron chi connectivity index (χ2n) is 9.43. The molecule has 1 fully saturated rings. The molecule has 0 radical (unpaired) electrons. The van der Waals surface area contributed by atoms with Gasteiger partial charge in [0.1, 0.15) is 17.1 Å². The SMILES string of the molecule is Cc1c(Cl)cccc1NC(=O)c1ncn2c1C(=O)N(C1CC1)[C@@](C)(C(=O)NCc1ccc(F)cc1)C2. The predicted octanol–water partition coefficient (Wildman–Crippen LogP) is 3.93. The minimum absolute atomic E-state index is 0.00111. The van der Waals surface area contributed by atoms with Crippen molar-refractivity contribution in [1.29, 1.82) is 0 Å². The van der Waals surface area contributed by atoms with E-state index in [4.69, 9.17) is 11.6 Å². The number of nitrogens with zero attached hydrogens (tertiary/aromatic N) is 3. The first-order valence-corrected chi connectivity index (χ1v) is 12.0. The van der Waals surface area contributed by atoms with Crippen LogP contribution in [0.15, 0.2) is 48.8 Å². The number of halogens is 2. The maximum atomic E-state index is 13.7. The molecule has 8 nitrogen and oxygen atoms in total. The monoisotopic (exact) mass is 509 g/mol. The van der Waals surface area contributed by atoms with Crippen LogP contribution in [0, 0.1) is 12.7 Å². The molecule has 2 aliphatic rings. The van der Waals surface area contributed by atoms with Gasteiger partial charge in [0.15, 0.2) is 5.69 Å². The van der Waals surface area contributed by atoms with Gasteiger partial charge in [0.2, 0.25) is 5.91 Å². The van der Waals surface area contributed by atoms with Gasteiger partial charge in [-0.3, -0.25) is 14.4 Å². The summed E-state index contributed by atoms with van der Waals surface area (Å²) in [6.45, 7) is 3.86. The summed E-state index contributed by atoms with van der Waals surface area (Å²) in [7, 11) is 0. The van der Waals surface area contributed by atoms with Gasteiger partial charge in [-0.1, -0.05) is 29.8 Å². The van der Waals surface area contributed by atoms with Crippen molar-refractivity contribution in [2.75, 3.05) is 5.32 Å². The summed E-state index contributed by atoms with van der Waals surface area (Å²) in [5, 5.41) is 6.19. The summed E-state index contributed by atoms with van der Waals surface area (Å²) in [6.07, 6.45) is 2.98. The third kappa shape index (κ3) is 4.24. The molecular formula is C26H25ClFN5O3. The van der Waals surface area contributed by atoms with Crippen LogP contribution in [0.25, 0.3) is 0 Å². The lowest BCUT2D eigenvalue weighted by molar-refractivity contribution is -0.133. The number of aromatic nitrogens is 2. The van der Waals surface area contributed by atoms with Gasteiger partial charge in [-0.25, -0.2) is 9.37 Å². The maximum Gasteiger partial charge on any atom is 0.276 e. The van der Waals surface area contributed by atoms with E-state index in [0.717, 1.165) is 18.4 Å². The van der Waals surface area contributed by atoms with Gasteiger partial charge in [0.25, 0.3) is 11.8 Å². The molecule has 1 aliphatic carbocycles. The second kappa shape index (κ2) is 9.05. The zero-order chi connectivity index (χ0) is 25.6. The number of rotatable bonds is 6. The van der Waals surface area contributed by atoms with E-state index >= 15 is 0 Å². The molecule has 1 atom stereocenters. The second-order valence-corrected chi connectivity index (χ2v) is 9.83. The van der Waals surface area contributed by atoms with Crippen LogP contribution in [0.5, 0.6) is 0 Å². The fraction of sp³-hybridized carbons (Fsp3) is 0.308. The third-order valence-corrected chi connectivity index (χ3v) is 7.18. The van der Waals surface area contributed by atoms with Gasteiger partial charge in [-0.05, 0) is 62.1 Å². The molecule has 2 N–H and O–H groups in total. The minimum Gasteiger partial charge on any atom is -0.350 e. The fourth-order valence-corrected chi connectivity index (χ4v) is 4.80. The Morgan fingerprint density at radius 3 is 2.61 bits per heavy atom. The van der Waals surface area contributed by atoms with E-state index in [1.807, 2.05) is 0 Å². The van der Waals surface area contributed by atoms with Crippen LogP contribution in [-0.4, -0.2) is 43.8 Å². The van der Waals surface area contributed by atoms with E-state index in [1.165, 1.54) is 18.5 Å². The topological polar surface area (TPSA) is 96.3 Å². The molecule has 5 rings (SSSR count). The summed E-state index contributed by atoms with van der Waals surface area (Å²) in [6, 6.07) is 11.0. The predicted molar refractivity (Wildman–Crippen MR) is 132 cm³/mol. The lowest BCUT2D eigenvalue weighted by Crippen LogP contribution is -2.64. The van der Waals surface area contributed by atoms with Crippen LogP contribution in [0.1, 0.15) is 51.9 Å². The van der Waals surface area contributed by atoms with Crippen LogP contribution in [0.3, 0.4) is 0 Å². The quantitative estimate of drug-likeness (QED) is 0.526. The minimum atomic E-state index is -1.18. The number of hydrogen-bond donors (Lipinski definition) is 2. The summed E-state index contributed by atoms with van der Waals surface area (Å²) < 4.78 is 14.8. The number of amides is 3. The zero-order valence-corrected chi connectivity index (χ0v) is 20.6. The Balaban J connectivity index is 1.41. The summed E-state index contributed by atoms with van der Waals surface area (Å²) in [4.78, 5) is 46.1. The maximum absolute atomic E-state index is 13.7. The Bertz CT molecular complexity index is 1370. The molecule has 10 heteroatoms. The fourth-order valence-electron chi connectivity index (χ4n) is 4.62. The van der Waals surface area contributed by atoms with Gasteiger partial charge in [-0.15, -0.1) is 0 Å². The van der Waals surface area contributed by atoms with Gasteiger partial charge in [0, 0.05) is 23.3 Å². The van der Waals surface area contributed by atoms with Crippen LogP contribution < -0.4 is 10.6 Å². The lowest BCUT2D eigenvalue weighted by atomic mass is 9.93. The lowest BCUT2D eigenvalue weighted by Gasteiger charge is -2.44. The number of nitrogens with one attached hydrogen (secondary N) is 2. The van der Waals surface area contributed by atoms with E-state index in [2.05, 4.69) is 15.6 Å².